The van der Waals surface area contributed by atoms with Crippen LogP contribution in [0.15, 0.2) is 23.2 Å². The highest BCUT2D eigenvalue weighted by molar-refractivity contribution is 5.89. The first-order valence-electron chi connectivity index (χ1n) is 6.39. The fraction of sp³-hybridized carbons (Fsp3) is 0.500. The number of aliphatic imine (C=N–C) groups is 1. The van der Waals surface area contributed by atoms with Crippen LogP contribution in [0.3, 0.4) is 0 Å². The minimum absolute atomic E-state index is 0.0682. The Bertz CT molecular complexity index is 485. The van der Waals surface area contributed by atoms with Crippen LogP contribution >= 0.6 is 0 Å². The van der Waals surface area contributed by atoms with E-state index in [0.29, 0.717) is 0 Å². The SMILES string of the molecule is COc1cccc2c1C[C@H](C)OC2C1=NCCN1. The van der Waals surface area contributed by atoms with Gasteiger partial charge in [-0.05, 0) is 18.6 Å². The van der Waals surface area contributed by atoms with Gasteiger partial charge in [-0.15, -0.1) is 0 Å². The van der Waals surface area contributed by atoms with Crippen LogP contribution in [0.2, 0.25) is 0 Å². The van der Waals surface area contributed by atoms with Gasteiger partial charge in [0.1, 0.15) is 17.7 Å². The summed E-state index contributed by atoms with van der Waals surface area (Å²) >= 11 is 0. The van der Waals surface area contributed by atoms with Crippen molar-refractivity contribution in [2.75, 3.05) is 20.2 Å². The van der Waals surface area contributed by atoms with Gasteiger partial charge >= 0.3 is 0 Å². The van der Waals surface area contributed by atoms with E-state index in [1.165, 1.54) is 11.1 Å². The second-order valence-electron chi connectivity index (χ2n) is 4.75. The topological polar surface area (TPSA) is 42.9 Å². The van der Waals surface area contributed by atoms with Crippen molar-refractivity contribution in [2.24, 2.45) is 4.99 Å². The summed E-state index contributed by atoms with van der Waals surface area (Å²) in [4.78, 5) is 4.49. The molecule has 2 aliphatic heterocycles. The fourth-order valence-electron chi connectivity index (χ4n) is 2.68. The number of amidine groups is 1. The molecule has 0 fully saturated rings. The molecule has 1 N–H and O–H groups in total. The van der Waals surface area contributed by atoms with E-state index in [2.05, 4.69) is 23.3 Å². The average molecular weight is 246 g/mol. The minimum atomic E-state index is -0.0682. The molecule has 1 aromatic rings. The fourth-order valence-corrected chi connectivity index (χ4v) is 2.68. The summed E-state index contributed by atoms with van der Waals surface area (Å²) in [5, 5.41) is 3.31. The number of nitrogens with zero attached hydrogens (tertiary/aromatic N) is 1. The Morgan fingerprint density at radius 3 is 3.06 bits per heavy atom. The second-order valence-corrected chi connectivity index (χ2v) is 4.75. The maximum Gasteiger partial charge on any atom is 0.140 e. The molecule has 0 aromatic heterocycles. The Morgan fingerprint density at radius 1 is 1.44 bits per heavy atom. The zero-order chi connectivity index (χ0) is 12.5. The molecule has 4 heteroatoms. The molecule has 0 radical (unpaired) electrons. The van der Waals surface area contributed by atoms with Crippen LogP contribution < -0.4 is 10.1 Å². The van der Waals surface area contributed by atoms with Crippen molar-refractivity contribution in [3.8, 4) is 5.75 Å². The number of fused-ring (bicyclic) bond motifs is 1. The predicted octanol–water partition coefficient (Wildman–Crippen LogP) is 1.70. The summed E-state index contributed by atoms with van der Waals surface area (Å²) in [5.74, 6) is 1.90. The van der Waals surface area contributed by atoms with Crippen molar-refractivity contribution >= 4 is 5.84 Å². The van der Waals surface area contributed by atoms with E-state index in [0.717, 1.165) is 31.1 Å². The maximum absolute atomic E-state index is 6.05. The van der Waals surface area contributed by atoms with Crippen molar-refractivity contribution in [2.45, 2.75) is 25.6 Å². The van der Waals surface area contributed by atoms with Gasteiger partial charge in [-0.3, -0.25) is 4.99 Å². The summed E-state index contributed by atoms with van der Waals surface area (Å²) in [6.45, 7) is 3.84. The van der Waals surface area contributed by atoms with E-state index in [9.17, 15) is 0 Å². The predicted molar refractivity (Wildman–Crippen MR) is 70.3 cm³/mol. The first-order chi connectivity index (χ1) is 8.79. The van der Waals surface area contributed by atoms with Gasteiger partial charge in [-0.2, -0.15) is 0 Å². The summed E-state index contributed by atoms with van der Waals surface area (Å²) in [6.07, 6.45) is 1.01. The third kappa shape index (κ3) is 1.86. The van der Waals surface area contributed by atoms with Crippen LogP contribution in [0.1, 0.15) is 24.2 Å². The zero-order valence-electron chi connectivity index (χ0n) is 10.8. The van der Waals surface area contributed by atoms with Crippen LogP contribution in [0.5, 0.6) is 5.75 Å². The molecule has 0 amide bonds. The molecule has 1 unspecified atom stereocenters. The van der Waals surface area contributed by atoms with Crippen LogP contribution in [0.25, 0.3) is 0 Å². The number of methoxy groups -OCH3 is 1. The Morgan fingerprint density at radius 2 is 2.33 bits per heavy atom. The van der Waals surface area contributed by atoms with E-state index in [4.69, 9.17) is 9.47 Å². The molecule has 0 spiro atoms. The molecule has 3 rings (SSSR count). The molecule has 1 aromatic carbocycles. The van der Waals surface area contributed by atoms with Crippen LogP contribution in [0.4, 0.5) is 0 Å². The third-order valence-corrected chi connectivity index (χ3v) is 3.48. The largest absolute Gasteiger partial charge is 0.496 e. The molecular weight excluding hydrogens is 228 g/mol. The van der Waals surface area contributed by atoms with Gasteiger partial charge in [0.2, 0.25) is 0 Å². The van der Waals surface area contributed by atoms with E-state index < -0.39 is 0 Å². The lowest BCUT2D eigenvalue weighted by atomic mass is 9.93. The van der Waals surface area contributed by atoms with Crippen molar-refractivity contribution in [1.82, 2.24) is 5.32 Å². The van der Waals surface area contributed by atoms with E-state index in [1.54, 1.807) is 7.11 Å². The summed E-state index contributed by atoms with van der Waals surface area (Å²) < 4.78 is 11.5. The number of hydrogen-bond acceptors (Lipinski definition) is 4. The van der Waals surface area contributed by atoms with Crippen LogP contribution in [0, 0.1) is 0 Å². The molecule has 18 heavy (non-hydrogen) atoms. The molecule has 0 saturated heterocycles. The highest BCUT2D eigenvalue weighted by Gasteiger charge is 2.31. The molecule has 2 heterocycles. The molecule has 2 atom stereocenters. The van der Waals surface area contributed by atoms with Gasteiger partial charge in [0.25, 0.3) is 0 Å². The number of hydrogen-bond donors (Lipinski definition) is 1. The standard InChI is InChI=1S/C14H18N2O2/c1-9-8-11-10(4-3-5-12(11)17-2)13(18-9)14-15-6-7-16-14/h3-5,9,13H,6-8H2,1-2H3,(H,15,16)/t9-,13?/m0/s1. The smallest absolute Gasteiger partial charge is 0.140 e. The van der Waals surface area contributed by atoms with E-state index in [-0.39, 0.29) is 12.2 Å². The summed E-state index contributed by atoms with van der Waals surface area (Å²) in [6, 6.07) is 6.13. The lowest BCUT2D eigenvalue weighted by molar-refractivity contribution is 0.0201. The lowest BCUT2D eigenvalue weighted by Gasteiger charge is -2.31. The van der Waals surface area contributed by atoms with E-state index in [1.807, 2.05) is 12.1 Å². The molecular formula is C14H18N2O2. The molecule has 0 aliphatic carbocycles. The normalized spacial score (nSPS) is 26.2. The number of benzene rings is 1. The molecule has 0 bridgehead atoms. The second kappa shape index (κ2) is 4.61. The van der Waals surface area contributed by atoms with Crippen molar-refractivity contribution in [1.29, 1.82) is 0 Å². The quantitative estimate of drug-likeness (QED) is 0.863. The summed E-state index contributed by atoms with van der Waals surface area (Å²) in [5.41, 5.74) is 2.43. The maximum atomic E-state index is 6.05. The Labute approximate surface area is 107 Å². The van der Waals surface area contributed by atoms with Crippen LogP contribution in [-0.2, 0) is 11.2 Å². The molecule has 2 aliphatic rings. The van der Waals surface area contributed by atoms with E-state index >= 15 is 0 Å². The van der Waals surface area contributed by atoms with Gasteiger partial charge in [-0.25, -0.2) is 0 Å². The van der Waals surface area contributed by atoms with Gasteiger partial charge in [0, 0.05) is 18.5 Å². The number of ether oxygens (including phenoxy) is 2. The lowest BCUT2D eigenvalue weighted by Crippen LogP contribution is -2.34. The molecule has 96 valence electrons. The molecule has 0 saturated carbocycles. The Hall–Kier alpha value is -1.55. The average Bonchev–Trinajstić information content (AvgIpc) is 2.90. The highest BCUT2D eigenvalue weighted by Crippen LogP contribution is 2.36. The Balaban J connectivity index is 2.04. The highest BCUT2D eigenvalue weighted by atomic mass is 16.5. The summed E-state index contributed by atoms with van der Waals surface area (Å²) in [7, 11) is 1.72. The number of nitrogens with one attached hydrogen (secondary N) is 1. The van der Waals surface area contributed by atoms with Crippen molar-refractivity contribution in [3.63, 3.8) is 0 Å². The van der Waals surface area contributed by atoms with Crippen molar-refractivity contribution < 1.29 is 9.47 Å². The van der Waals surface area contributed by atoms with Gasteiger partial charge in [0.05, 0.1) is 19.8 Å². The molecule has 4 nitrogen and oxygen atoms in total. The zero-order valence-corrected chi connectivity index (χ0v) is 10.8. The number of rotatable bonds is 2. The van der Waals surface area contributed by atoms with Gasteiger partial charge in [-0.1, -0.05) is 12.1 Å². The first kappa shape index (κ1) is 11.5. The first-order valence-corrected chi connectivity index (χ1v) is 6.39. The van der Waals surface area contributed by atoms with Crippen LogP contribution in [-0.4, -0.2) is 32.1 Å². The van der Waals surface area contributed by atoms with Gasteiger partial charge in [0.15, 0.2) is 0 Å². The third-order valence-electron chi connectivity index (χ3n) is 3.48. The van der Waals surface area contributed by atoms with Gasteiger partial charge < -0.3 is 14.8 Å². The monoisotopic (exact) mass is 246 g/mol. The Kier molecular flexibility index (Phi) is 2.96. The van der Waals surface area contributed by atoms with Crippen molar-refractivity contribution in [3.05, 3.63) is 29.3 Å². The minimum Gasteiger partial charge on any atom is -0.496 e.